The molecule has 5 heterocycles. The zero-order chi connectivity index (χ0) is 30.5. The topological polar surface area (TPSA) is 51.6 Å². The highest BCUT2D eigenvalue weighted by molar-refractivity contribution is 8.20. The van der Waals surface area contributed by atoms with Crippen molar-refractivity contribution in [2.24, 2.45) is 0 Å². The maximum Gasteiger partial charge on any atom is 0.0792 e. The van der Waals surface area contributed by atoms with Crippen molar-refractivity contribution in [3.63, 3.8) is 0 Å². The van der Waals surface area contributed by atoms with Crippen molar-refractivity contribution in [1.29, 1.82) is 0 Å². The van der Waals surface area contributed by atoms with Crippen LogP contribution in [0.15, 0.2) is 145 Å². The Morgan fingerprint density at radius 2 is 0.761 bits per heavy atom. The van der Waals surface area contributed by atoms with Gasteiger partial charge in [-0.2, -0.15) is 0 Å². The Bertz CT molecular complexity index is 2370. The lowest BCUT2D eigenvalue weighted by Gasteiger charge is -2.19. The van der Waals surface area contributed by atoms with Crippen LogP contribution in [0.2, 0.25) is 0 Å². The molecule has 9 rings (SSSR count). The van der Waals surface area contributed by atoms with Crippen molar-refractivity contribution < 1.29 is 0 Å². The summed E-state index contributed by atoms with van der Waals surface area (Å²) in [5.41, 5.74) is 10.8. The third-order valence-electron chi connectivity index (χ3n) is 8.51. The first-order valence-electron chi connectivity index (χ1n) is 15.0. The molecule has 4 nitrogen and oxygen atoms in total. The maximum atomic E-state index is 4.92. The van der Waals surface area contributed by atoms with Gasteiger partial charge >= 0.3 is 0 Å². The van der Waals surface area contributed by atoms with E-state index in [1.165, 1.54) is 9.81 Å². The zero-order valence-electron chi connectivity index (χ0n) is 24.5. The molecule has 0 radical (unpaired) electrons. The van der Waals surface area contributed by atoms with Gasteiger partial charge in [0.15, 0.2) is 0 Å². The van der Waals surface area contributed by atoms with Crippen molar-refractivity contribution in [2.45, 2.75) is 0 Å². The lowest BCUT2D eigenvalue weighted by Crippen LogP contribution is -1.94. The summed E-state index contributed by atoms with van der Waals surface area (Å²) in [5, 5.41) is 8.98. The molecule has 4 aromatic carbocycles. The number of nitrogens with zero attached hydrogens (tertiary/aromatic N) is 4. The van der Waals surface area contributed by atoms with E-state index in [1.54, 1.807) is 23.5 Å². The van der Waals surface area contributed by atoms with Gasteiger partial charge in [0.2, 0.25) is 0 Å². The second-order valence-electron chi connectivity index (χ2n) is 11.1. The Hall–Kier alpha value is -5.30. The first-order chi connectivity index (χ1) is 22.8. The second kappa shape index (κ2) is 11.2. The molecule has 0 atom stereocenters. The van der Waals surface area contributed by atoms with E-state index >= 15 is 0 Å². The zero-order valence-corrected chi connectivity index (χ0v) is 26.1. The minimum atomic E-state index is 0.988. The number of fused-ring (bicyclic) bond motifs is 4. The number of hydrogen-bond acceptors (Lipinski definition) is 6. The van der Waals surface area contributed by atoms with Crippen LogP contribution in [0.25, 0.3) is 75.7 Å². The van der Waals surface area contributed by atoms with Gasteiger partial charge in [-0.1, -0.05) is 84.6 Å². The van der Waals surface area contributed by atoms with Gasteiger partial charge in [0, 0.05) is 67.3 Å². The van der Waals surface area contributed by atoms with E-state index < -0.39 is 0 Å². The predicted molar refractivity (Wildman–Crippen MR) is 196 cm³/mol. The molecule has 8 aromatic rings. The largest absolute Gasteiger partial charge is 0.256 e. The Kier molecular flexibility index (Phi) is 6.61. The molecule has 6 heteroatoms. The Morgan fingerprint density at radius 3 is 1.26 bits per heavy atom. The number of pyridine rings is 4. The maximum absolute atomic E-state index is 4.92. The van der Waals surface area contributed by atoms with E-state index in [1.807, 2.05) is 49.1 Å². The van der Waals surface area contributed by atoms with Crippen molar-refractivity contribution in [1.82, 2.24) is 19.9 Å². The van der Waals surface area contributed by atoms with E-state index in [2.05, 4.69) is 106 Å². The van der Waals surface area contributed by atoms with E-state index in [0.717, 1.165) is 77.0 Å². The van der Waals surface area contributed by atoms with Gasteiger partial charge in [-0.15, -0.1) is 11.8 Å². The lowest BCUT2D eigenvalue weighted by molar-refractivity contribution is 1.40. The van der Waals surface area contributed by atoms with Crippen LogP contribution >= 0.6 is 23.5 Å². The van der Waals surface area contributed by atoms with Crippen LogP contribution < -0.4 is 0 Å². The van der Waals surface area contributed by atoms with Gasteiger partial charge in [0.25, 0.3) is 0 Å². The Morgan fingerprint density at radius 1 is 0.348 bits per heavy atom. The van der Waals surface area contributed by atoms with Gasteiger partial charge in [-0.3, -0.25) is 19.9 Å². The minimum Gasteiger partial charge on any atom is -0.256 e. The van der Waals surface area contributed by atoms with E-state index in [4.69, 9.17) is 9.97 Å². The molecule has 1 aliphatic rings. The second-order valence-corrected chi connectivity index (χ2v) is 12.9. The molecule has 0 bridgehead atoms. The lowest BCUT2D eigenvalue weighted by atomic mass is 9.95. The van der Waals surface area contributed by atoms with Crippen LogP contribution in [-0.2, 0) is 0 Å². The quantitative estimate of drug-likeness (QED) is 0.194. The van der Waals surface area contributed by atoms with Crippen molar-refractivity contribution in [3.8, 4) is 22.3 Å². The van der Waals surface area contributed by atoms with Gasteiger partial charge in [-0.05, 0) is 69.5 Å². The van der Waals surface area contributed by atoms with Gasteiger partial charge in [-0.25, -0.2) is 0 Å². The fraction of sp³-hybridized carbons (Fsp3) is 0. The molecular weight excluding hydrogens is 601 g/mol. The molecule has 0 amide bonds. The minimum absolute atomic E-state index is 0.988. The summed E-state index contributed by atoms with van der Waals surface area (Å²) in [7, 11) is 0. The average Bonchev–Trinajstić information content (AvgIpc) is 3.13. The standard InChI is InChI=1S/C40H24N4S2/c1-7-25(29-9-3-19-41-35(29)13-1)27-15-17-33(39-31(27)11-5-21-43-39)37-23-45-24-38(46-37)34-18-16-28(32-12-6-22-44-40(32)34)26-8-2-14-36-30(26)10-4-20-42-36/h1-24H. The summed E-state index contributed by atoms with van der Waals surface area (Å²) in [5.74, 6) is 0. The first kappa shape index (κ1) is 27.0. The number of benzene rings is 4. The van der Waals surface area contributed by atoms with Crippen LogP contribution in [0.1, 0.15) is 11.1 Å². The van der Waals surface area contributed by atoms with E-state index in [-0.39, 0.29) is 0 Å². The number of aromatic nitrogens is 4. The smallest absolute Gasteiger partial charge is 0.0792 e. The average molecular weight is 625 g/mol. The summed E-state index contributed by atoms with van der Waals surface area (Å²) in [6.07, 6.45) is 7.46. The first-order valence-corrected chi connectivity index (χ1v) is 16.8. The molecule has 0 N–H and O–H groups in total. The van der Waals surface area contributed by atoms with E-state index in [9.17, 15) is 0 Å². The highest BCUT2D eigenvalue weighted by atomic mass is 32.2. The van der Waals surface area contributed by atoms with Gasteiger partial charge in [0.1, 0.15) is 0 Å². The molecule has 46 heavy (non-hydrogen) atoms. The van der Waals surface area contributed by atoms with Crippen LogP contribution in [-0.4, -0.2) is 19.9 Å². The summed E-state index contributed by atoms with van der Waals surface area (Å²) in [4.78, 5) is 21.4. The van der Waals surface area contributed by atoms with Gasteiger partial charge < -0.3 is 0 Å². The van der Waals surface area contributed by atoms with Crippen molar-refractivity contribution in [2.75, 3.05) is 0 Å². The molecule has 0 saturated heterocycles. The third kappa shape index (κ3) is 4.49. The molecule has 0 fully saturated rings. The Labute approximate surface area is 274 Å². The predicted octanol–water partition coefficient (Wildman–Crippen LogP) is 11.0. The molecule has 216 valence electrons. The highest BCUT2D eigenvalue weighted by Gasteiger charge is 2.20. The van der Waals surface area contributed by atoms with Crippen molar-refractivity contribution >= 4 is 76.9 Å². The van der Waals surface area contributed by atoms with E-state index in [0.29, 0.717) is 0 Å². The Balaban J connectivity index is 1.13. The van der Waals surface area contributed by atoms with Crippen LogP contribution in [0.4, 0.5) is 0 Å². The number of thioether (sulfide) groups is 2. The molecule has 0 unspecified atom stereocenters. The monoisotopic (exact) mass is 624 g/mol. The summed E-state index contributed by atoms with van der Waals surface area (Å²) in [6.45, 7) is 0. The number of hydrogen-bond donors (Lipinski definition) is 0. The number of rotatable bonds is 4. The summed E-state index contributed by atoms with van der Waals surface area (Å²) < 4.78 is 0. The fourth-order valence-electron chi connectivity index (χ4n) is 6.45. The van der Waals surface area contributed by atoms with Crippen LogP contribution in [0.5, 0.6) is 0 Å². The van der Waals surface area contributed by atoms with Crippen LogP contribution in [0, 0.1) is 0 Å². The molecule has 4 aromatic heterocycles. The molecule has 0 spiro atoms. The molecular formula is C40H24N4S2. The fourth-order valence-corrected chi connectivity index (χ4v) is 8.52. The SMILES string of the molecule is C1=C(c2ccc(-c3cccc4ncccc34)c3cccnc23)SC(c2ccc(-c3cccc4ncccc34)c3cccnc23)=CS1. The highest BCUT2D eigenvalue weighted by Crippen LogP contribution is 2.49. The molecule has 0 saturated carbocycles. The normalized spacial score (nSPS) is 13.3. The van der Waals surface area contributed by atoms with Crippen LogP contribution in [0.3, 0.4) is 0 Å². The molecule has 1 aliphatic heterocycles. The third-order valence-corrected chi connectivity index (χ3v) is 10.7. The van der Waals surface area contributed by atoms with Crippen molar-refractivity contribution in [3.05, 3.63) is 156 Å². The summed E-state index contributed by atoms with van der Waals surface area (Å²) >= 11 is 3.48. The molecule has 0 aliphatic carbocycles. The summed E-state index contributed by atoms with van der Waals surface area (Å²) in [6, 6.07) is 38.2. The van der Waals surface area contributed by atoms with Gasteiger partial charge in [0.05, 0.1) is 22.1 Å².